The number of nitriles is 1. The van der Waals surface area contributed by atoms with E-state index in [-0.39, 0.29) is 0 Å². The molecule has 132 valence electrons. The van der Waals surface area contributed by atoms with Crippen LogP contribution in [0.25, 0.3) is 0 Å². The van der Waals surface area contributed by atoms with Gasteiger partial charge < -0.3 is 19.9 Å². The van der Waals surface area contributed by atoms with Crippen molar-refractivity contribution in [3.8, 4) is 17.6 Å². The van der Waals surface area contributed by atoms with Gasteiger partial charge in [0.15, 0.2) is 11.5 Å². The van der Waals surface area contributed by atoms with E-state index in [1.807, 2.05) is 37.3 Å². The molecule has 0 aliphatic rings. The lowest BCUT2D eigenvalue weighted by atomic mass is 10.0. The molecule has 5 nitrogen and oxygen atoms in total. The van der Waals surface area contributed by atoms with Crippen LogP contribution in [0.5, 0.6) is 11.5 Å². The molecule has 0 aromatic heterocycles. The van der Waals surface area contributed by atoms with E-state index >= 15 is 0 Å². The van der Waals surface area contributed by atoms with Gasteiger partial charge in [-0.2, -0.15) is 5.26 Å². The smallest absolute Gasteiger partial charge is 0.178 e. The number of rotatable bonds is 8. The van der Waals surface area contributed by atoms with Crippen molar-refractivity contribution < 1.29 is 14.6 Å². The molecule has 0 radical (unpaired) electrons. The summed E-state index contributed by atoms with van der Waals surface area (Å²) in [5.74, 6) is 1.01. The number of benzene rings is 2. The SMILES string of the molecule is COc1ccc(CCNC[C@@H](O)c2cccc(C)c2)c(C#N)c1OC. The Bertz CT molecular complexity index is 753. The van der Waals surface area contributed by atoms with Crippen LogP contribution in [0.15, 0.2) is 36.4 Å². The first kappa shape index (κ1) is 18.8. The van der Waals surface area contributed by atoms with E-state index in [0.29, 0.717) is 36.6 Å². The van der Waals surface area contributed by atoms with Gasteiger partial charge in [0.1, 0.15) is 11.6 Å². The Morgan fingerprint density at radius 2 is 2.00 bits per heavy atom. The summed E-state index contributed by atoms with van der Waals surface area (Å²) in [6.07, 6.45) is 0.102. The lowest BCUT2D eigenvalue weighted by Gasteiger charge is -2.15. The maximum absolute atomic E-state index is 10.2. The molecule has 25 heavy (non-hydrogen) atoms. The monoisotopic (exact) mass is 340 g/mol. The second-order valence-corrected chi connectivity index (χ2v) is 5.83. The minimum Gasteiger partial charge on any atom is -0.493 e. The van der Waals surface area contributed by atoms with E-state index in [9.17, 15) is 10.4 Å². The number of nitrogens with zero attached hydrogens (tertiary/aromatic N) is 1. The number of aryl methyl sites for hydroxylation is 1. The van der Waals surface area contributed by atoms with Gasteiger partial charge in [-0.05, 0) is 37.1 Å². The highest BCUT2D eigenvalue weighted by Crippen LogP contribution is 2.33. The molecule has 5 heteroatoms. The van der Waals surface area contributed by atoms with E-state index in [1.165, 1.54) is 7.11 Å². The number of hydrogen-bond donors (Lipinski definition) is 2. The van der Waals surface area contributed by atoms with Crippen LogP contribution in [0, 0.1) is 18.3 Å². The molecule has 0 aliphatic carbocycles. The number of aliphatic hydroxyl groups is 1. The lowest BCUT2D eigenvalue weighted by molar-refractivity contribution is 0.175. The van der Waals surface area contributed by atoms with Crippen molar-refractivity contribution in [3.05, 3.63) is 58.7 Å². The van der Waals surface area contributed by atoms with Gasteiger partial charge in [-0.3, -0.25) is 0 Å². The predicted molar refractivity (Wildman–Crippen MR) is 97.0 cm³/mol. The zero-order valence-electron chi connectivity index (χ0n) is 14.9. The minimum absolute atomic E-state index is 0.457. The van der Waals surface area contributed by atoms with Crippen LogP contribution in [0.2, 0.25) is 0 Å². The van der Waals surface area contributed by atoms with Crippen LogP contribution in [-0.4, -0.2) is 32.4 Å². The molecule has 2 aromatic carbocycles. The fourth-order valence-electron chi connectivity index (χ4n) is 2.76. The van der Waals surface area contributed by atoms with E-state index in [2.05, 4.69) is 11.4 Å². The zero-order chi connectivity index (χ0) is 18.2. The summed E-state index contributed by atoms with van der Waals surface area (Å²) in [6.45, 7) is 3.11. The molecule has 0 aliphatic heterocycles. The van der Waals surface area contributed by atoms with Gasteiger partial charge in [-0.15, -0.1) is 0 Å². The van der Waals surface area contributed by atoms with Gasteiger partial charge in [0.25, 0.3) is 0 Å². The van der Waals surface area contributed by atoms with Crippen molar-refractivity contribution in [2.45, 2.75) is 19.4 Å². The highest BCUT2D eigenvalue weighted by atomic mass is 16.5. The van der Waals surface area contributed by atoms with Crippen molar-refractivity contribution in [2.24, 2.45) is 0 Å². The number of aliphatic hydroxyl groups excluding tert-OH is 1. The normalized spacial score (nSPS) is 11.6. The fraction of sp³-hybridized carbons (Fsp3) is 0.350. The zero-order valence-corrected chi connectivity index (χ0v) is 14.9. The van der Waals surface area contributed by atoms with Crippen LogP contribution in [0.4, 0.5) is 0 Å². The first-order valence-electron chi connectivity index (χ1n) is 8.20. The number of methoxy groups -OCH3 is 2. The van der Waals surface area contributed by atoms with E-state index in [0.717, 1.165) is 16.7 Å². The summed E-state index contributed by atoms with van der Waals surface area (Å²) >= 11 is 0. The van der Waals surface area contributed by atoms with Crippen LogP contribution in [0.1, 0.15) is 28.4 Å². The Balaban J connectivity index is 1.95. The molecule has 0 fully saturated rings. The molecule has 1 atom stereocenters. The van der Waals surface area contributed by atoms with Crippen LogP contribution >= 0.6 is 0 Å². The Hall–Kier alpha value is -2.55. The average molecular weight is 340 g/mol. The number of hydrogen-bond acceptors (Lipinski definition) is 5. The molecule has 0 saturated carbocycles. The first-order chi connectivity index (χ1) is 12.1. The Morgan fingerprint density at radius 1 is 1.20 bits per heavy atom. The van der Waals surface area contributed by atoms with Crippen LogP contribution in [-0.2, 0) is 6.42 Å². The van der Waals surface area contributed by atoms with Crippen LogP contribution in [0.3, 0.4) is 0 Å². The van der Waals surface area contributed by atoms with Crippen molar-refractivity contribution in [1.29, 1.82) is 5.26 Å². The third-order valence-electron chi connectivity index (χ3n) is 4.08. The van der Waals surface area contributed by atoms with E-state index in [4.69, 9.17) is 9.47 Å². The standard InChI is InChI=1S/C20H24N2O3/c1-14-5-4-6-16(11-14)18(23)13-22-10-9-15-7-8-19(24-2)20(25-3)17(15)12-21/h4-8,11,18,22-23H,9-10,13H2,1-3H3/t18-/m1/s1. The quantitative estimate of drug-likeness (QED) is 0.723. The van der Waals surface area contributed by atoms with Crippen molar-refractivity contribution in [2.75, 3.05) is 27.3 Å². The van der Waals surface area contributed by atoms with Crippen LogP contribution < -0.4 is 14.8 Å². The third-order valence-corrected chi connectivity index (χ3v) is 4.08. The highest BCUT2D eigenvalue weighted by molar-refractivity contribution is 5.56. The third kappa shape index (κ3) is 4.72. The molecule has 0 unspecified atom stereocenters. The van der Waals surface area contributed by atoms with E-state index in [1.54, 1.807) is 13.2 Å². The average Bonchev–Trinajstić information content (AvgIpc) is 2.64. The molecular weight excluding hydrogens is 316 g/mol. The molecular formula is C20H24N2O3. The molecule has 0 bridgehead atoms. The predicted octanol–water partition coefficient (Wildman–Crippen LogP) is 2.75. The fourth-order valence-corrected chi connectivity index (χ4v) is 2.76. The minimum atomic E-state index is -0.555. The maximum atomic E-state index is 10.2. The van der Waals surface area contributed by atoms with Gasteiger partial charge in [-0.1, -0.05) is 35.9 Å². The van der Waals surface area contributed by atoms with E-state index < -0.39 is 6.10 Å². The Morgan fingerprint density at radius 3 is 2.64 bits per heavy atom. The molecule has 0 amide bonds. The van der Waals surface area contributed by atoms with Crippen molar-refractivity contribution >= 4 is 0 Å². The largest absolute Gasteiger partial charge is 0.493 e. The Labute approximate surface area is 148 Å². The maximum Gasteiger partial charge on any atom is 0.178 e. The summed E-state index contributed by atoms with van der Waals surface area (Å²) in [4.78, 5) is 0. The van der Waals surface area contributed by atoms with Gasteiger partial charge in [0.2, 0.25) is 0 Å². The topological polar surface area (TPSA) is 74.5 Å². The highest BCUT2D eigenvalue weighted by Gasteiger charge is 2.14. The summed E-state index contributed by atoms with van der Waals surface area (Å²) < 4.78 is 10.5. The summed E-state index contributed by atoms with van der Waals surface area (Å²) in [7, 11) is 3.08. The second kappa shape index (κ2) is 9.07. The molecule has 2 N–H and O–H groups in total. The van der Waals surface area contributed by atoms with Gasteiger partial charge >= 0.3 is 0 Å². The number of nitrogens with one attached hydrogen (secondary N) is 1. The number of ether oxygens (including phenoxy) is 2. The Kier molecular flexibility index (Phi) is 6.81. The van der Waals surface area contributed by atoms with Gasteiger partial charge in [-0.25, -0.2) is 0 Å². The summed E-state index contributed by atoms with van der Waals surface area (Å²) in [5.41, 5.74) is 3.40. The van der Waals surface area contributed by atoms with Gasteiger partial charge in [0.05, 0.1) is 20.3 Å². The molecule has 0 spiro atoms. The summed E-state index contributed by atoms with van der Waals surface area (Å²) in [5, 5.41) is 22.9. The molecule has 0 saturated heterocycles. The molecule has 2 rings (SSSR count). The summed E-state index contributed by atoms with van der Waals surface area (Å²) in [6, 6.07) is 13.7. The van der Waals surface area contributed by atoms with Crippen molar-refractivity contribution in [3.63, 3.8) is 0 Å². The molecule has 0 heterocycles. The van der Waals surface area contributed by atoms with Crippen molar-refractivity contribution in [1.82, 2.24) is 5.32 Å². The first-order valence-corrected chi connectivity index (χ1v) is 8.20. The lowest BCUT2D eigenvalue weighted by Crippen LogP contribution is -2.24. The molecule has 2 aromatic rings. The second-order valence-electron chi connectivity index (χ2n) is 5.83. The van der Waals surface area contributed by atoms with Gasteiger partial charge in [0, 0.05) is 6.54 Å².